The van der Waals surface area contributed by atoms with Gasteiger partial charge in [-0.1, -0.05) is 0 Å². The molecule has 0 saturated heterocycles. The zero-order valence-electron chi connectivity index (χ0n) is 10.9. The van der Waals surface area contributed by atoms with Crippen LogP contribution in [0.3, 0.4) is 0 Å². The normalized spacial score (nSPS) is 10.8. The monoisotopic (exact) mass is 233 g/mol. The standard InChI is InChI=1S/C12H19N5/c1-5-17-11(9(2)6-15-17)8-13-12-10(3)7-14-16(12)4/h6-7,13H,5,8H2,1-4H3. The lowest BCUT2D eigenvalue weighted by Crippen LogP contribution is -2.11. The maximum Gasteiger partial charge on any atom is 0.127 e. The molecule has 0 fully saturated rings. The molecule has 0 unspecified atom stereocenters. The van der Waals surface area contributed by atoms with Gasteiger partial charge in [-0.05, 0) is 26.3 Å². The Balaban J connectivity index is 2.15. The van der Waals surface area contributed by atoms with E-state index in [9.17, 15) is 0 Å². The summed E-state index contributed by atoms with van der Waals surface area (Å²) in [6.07, 6.45) is 3.78. The van der Waals surface area contributed by atoms with Crippen molar-refractivity contribution >= 4 is 5.82 Å². The molecular weight excluding hydrogens is 214 g/mol. The quantitative estimate of drug-likeness (QED) is 0.877. The Morgan fingerprint density at radius 3 is 2.47 bits per heavy atom. The van der Waals surface area contributed by atoms with Crippen molar-refractivity contribution < 1.29 is 0 Å². The smallest absolute Gasteiger partial charge is 0.127 e. The average Bonchev–Trinajstić information content (AvgIpc) is 2.82. The highest BCUT2D eigenvalue weighted by molar-refractivity contribution is 5.43. The Kier molecular flexibility index (Phi) is 3.17. The van der Waals surface area contributed by atoms with E-state index in [2.05, 4.69) is 36.3 Å². The van der Waals surface area contributed by atoms with Crippen LogP contribution in [0.15, 0.2) is 12.4 Å². The summed E-state index contributed by atoms with van der Waals surface area (Å²) < 4.78 is 3.88. The van der Waals surface area contributed by atoms with Crippen LogP contribution in [0.4, 0.5) is 5.82 Å². The van der Waals surface area contributed by atoms with Crippen LogP contribution in [0, 0.1) is 13.8 Å². The van der Waals surface area contributed by atoms with Crippen molar-refractivity contribution in [3.63, 3.8) is 0 Å². The second-order valence-electron chi connectivity index (χ2n) is 4.24. The topological polar surface area (TPSA) is 47.7 Å². The molecule has 0 radical (unpaired) electrons. The van der Waals surface area contributed by atoms with E-state index in [1.807, 2.05) is 28.8 Å². The van der Waals surface area contributed by atoms with E-state index in [1.165, 1.54) is 11.3 Å². The first kappa shape index (κ1) is 11.7. The predicted molar refractivity (Wildman–Crippen MR) is 67.9 cm³/mol. The van der Waals surface area contributed by atoms with Gasteiger partial charge >= 0.3 is 0 Å². The predicted octanol–water partition coefficient (Wildman–Crippen LogP) is 1.87. The number of hydrogen-bond acceptors (Lipinski definition) is 3. The maximum atomic E-state index is 4.33. The van der Waals surface area contributed by atoms with Crippen LogP contribution in [0.5, 0.6) is 0 Å². The Morgan fingerprint density at radius 1 is 1.18 bits per heavy atom. The van der Waals surface area contributed by atoms with E-state index in [4.69, 9.17) is 0 Å². The van der Waals surface area contributed by atoms with Crippen molar-refractivity contribution in [2.45, 2.75) is 33.9 Å². The molecule has 0 spiro atoms. The van der Waals surface area contributed by atoms with Gasteiger partial charge in [0.2, 0.25) is 0 Å². The van der Waals surface area contributed by atoms with E-state index in [0.717, 1.165) is 24.5 Å². The van der Waals surface area contributed by atoms with Gasteiger partial charge in [0.05, 0.1) is 24.6 Å². The Morgan fingerprint density at radius 2 is 1.88 bits per heavy atom. The Bertz CT molecular complexity index is 489. The molecular formula is C12H19N5. The summed E-state index contributed by atoms with van der Waals surface area (Å²) in [5.41, 5.74) is 3.61. The molecule has 0 aromatic carbocycles. The number of nitrogens with zero attached hydrogens (tertiary/aromatic N) is 4. The van der Waals surface area contributed by atoms with Crippen LogP contribution < -0.4 is 5.32 Å². The lowest BCUT2D eigenvalue weighted by Gasteiger charge is -2.10. The zero-order chi connectivity index (χ0) is 12.4. The number of nitrogens with one attached hydrogen (secondary N) is 1. The fourth-order valence-electron chi connectivity index (χ4n) is 1.98. The maximum absolute atomic E-state index is 4.33. The molecule has 17 heavy (non-hydrogen) atoms. The van der Waals surface area contributed by atoms with Gasteiger partial charge in [-0.2, -0.15) is 10.2 Å². The number of aryl methyl sites for hydroxylation is 4. The van der Waals surface area contributed by atoms with Gasteiger partial charge in [-0.3, -0.25) is 9.36 Å². The molecule has 2 aromatic heterocycles. The fraction of sp³-hybridized carbons (Fsp3) is 0.500. The van der Waals surface area contributed by atoms with Crippen LogP contribution in [0.1, 0.15) is 23.7 Å². The van der Waals surface area contributed by atoms with Gasteiger partial charge in [0.25, 0.3) is 0 Å². The molecule has 2 heterocycles. The third kappa shape index (κ3) is 2.18. The lowest BCUT2D eigenvalue weighted by atomic mass is 10.2. The molecule has 0 saturated carbocycles. The summed E-state index contributed by atoms with van der Waals surface area (Å²) in [5, 5.41) is 12.0. The van der Waals surface area contributed by atoms with E-state index in [0.29, 0.717) is 0 Å². The van der Waals surface area contributed by atoms with Crippen molar-refractivity contribution in [1.29, 1.82) is 0 Å². The second-order valence-corrected chi connectivity index (χ2v) is 4.24. The minimum atomic E-state index is 0.778. The summed E-state index contributed by atoms with van der Waals surface area (Å²) in [5.74, 6) is 1.06. The molecule has 0 aliphatic heterocycles. The minimum Gasteiger partial charge on any atom is -0.364 e. The second kappa shape index (κ2) is 4.61. The molecule has 2 rings (SSSR count). The number of aromatic nitrogens is 4. The largest absolute Gasteiger partial charge is 0.364 e. The van der Waals surface area contributed by atoms with Gasteiger partial charge in [0, 0.05) is 19.2 Å². The van der Waals surface area contributed by atoms with E-state index >= 15 is 0 Å². The fourth-order valence-corrected chi connectivity index (χ4v) is 1.98. The van der Waals surface area contributed by atoms with Gasteiger partial charge in [0.1, 0.15) is 5.82 Å². The molecule has 5 nitrogen and oxygen atoms in total. The minimum absolute atomic E-state index is 0.778. The van der Waals surface area contributed by atoms with Crippen LogP contribution in [-0.2, 0) is 20.1 Å². The molecule has 0 aliphatic rings. The summed E-state index contributed by atoms with van der Waals surface area (Å²) in [6, 6.07) is 0. The Hall–Kier alpha value is -1.78. The van der Waals surface area contributed by atoms with Gasteiger partial charge in [-0.15, -0.1) is 0 Å². The number of anilines is 1. The van der Waals surface area contributed by atoms with Crippen LogP contribution >= 0.6 is 0 Å². The first-order valence-electron chi connectivity index (χ1n) is 5.87. The van der Waals surface area contributed by atoms with Gasteiger partial charge in [0.15, 0.2) is 0 Å². The third-order valence-corrected chi connectivity index (χ3v) is 3.00. The molecule has 0 atom stereocenters. The molecule has 2 aromatic rings. The van der Waals surface area contributed by atoms with Crippen molar-refractivity contribution in [3.05, 3.63) is 29.2 Å². The lowest BCUT2D eigenvalue weighted by molar-refractivity contribution is 0.625. The summed E-state index contributed by atoms with van der Waals surface area (Å²) in [6.45, 7) is 7.92. The van der Waals surface area contributed by atoms with Crippen molar-refractivity contribution in [2.24, 2.45) is 7.05 Å². The van der Waals surface area contributed by atoms with E-state index in [-0.39, 0.29) is 0 Å². The van der Waals surface area contributed by atoms with Crippen molar-refractivity contribution in [1.82, 2.24) is 19.6 Å². The average molecular weight is 233 g/mol. The third-order valence-electron chi connectivity index (χ3n) is 3.00. The molecule has 5 heteroatoms. The molecule has 92 valence electrons. The van der Waals surface area contributed by atoms with E-state index in [1.54, 1.807) is 0 Å². The Labute approximate surface area is 101 Å². The van der Waals surface area contributed by atoms with Crippen LogP contribution in [0.25, 0.3) is 0 Å². The van der Waals surface area contributed by atoms with E-state index < -0.39 is 0 Å². The van der Waals surface area contributed by atoms with Crippen molar-refractivity contribution in [3.8, 4) is 0 Å². The van der Waals surface area contributed by atoms with Crippen molar-refractivity contribution in [2.75, 3.05) is 5.32 Å². The highest BCUT2D eigenvalue weighted by atomic mass is 15.3. The van der Waals surface area contributed by atoms with Crippen LogP contribution in [0.2, 0.25) is 0 Å². The highest BCUT2D eigenvalue weighted by Crippen LogP contribution is 2.15. The van der Waals surface area contributed by atoms with Crippen LogP contribution in [-0.4, -0.2) is 19.6 Å². The van der Waals surface area contributed by atoms with Gasteiger partial charge < -0.3 is 5.32 Å². The molecule has 0 aliphatic carbocycles. The first-order valence-corrected chi connectivity index (χ1v) is 5.87. The zero-order valence-corrected chi connectivity index (χ0v) is 10.9. The number of rotatable bonds is 4. The molecule has 0 amide bonds. The molecule has 0 bridgehead atoms. The van der Waals surface area contributed by atoms with Gasteiger partial charge in [-0.25, -0.2) is 0 Å². The summed E-state index contributed by atoms with van der Waals surface area (Å²) >= 11 is 0. The highest BCUT2D eigenvalue weighted by Gasteiger charge is 2.08. The summed E-state index contributed by atoms with van der Waals surface area (Å²) in [7, 11) is 1.94. The summed E-state index contributed by atoms with van der Waals surface area (Å²) in [4.78, 5) is 0. The SMILES string of the molecule is CCn1ncc(C)c1CNc1c(C)cnn1C. The number of hydrogen-bond donors (Lipinski definition) is 1. The first-order chi connectivity index (χ1) is 8.13. The molecule has 1 N–H and O–H groups in total.